The molecule has 0 fully saturated rings. The highest BCUT2D eigenvalue weighted by atomic mass is 127. The molecule has 0 N–H and O–H groups in total. The molecule has 5 heteroatoms. The zero-order chi connectivity index (χ0) is 14.8. The van der Waals surface area contributed by atoms with Crippen LogP contribution < -0.4 is 0 Å². The third kappa shape index (κ3) is 3.59. The van der Waals surface area contributed by atoms with Gasteiger partial charge in [0.05, 0.1) is 12.7 Å². The van der Waals surface area contributed by atoms with Gasteiger partial charge in [0, 0.05) is 25.4 Å². The van der Waals surface area contributed by atoms with E-state index in [1.54, 1.807) is 6.07 Å². The summed E-state index contributed by atoms with van der Waals surface area (Å²) in [6, 6.07) is 13.8. The number of rotatable bonds is 3. The largest absolute Gasteiger partial charge is 0.268 e. The van der Waals surface area contributed by atoms with Crippen molar-refractivity contribution in [3.05, 3.63) is 74.0 Å². The molecule has 0 radical (unpaired) electrons. The fourth-order valence-electron chi connectivity index (χ4n) is 2.08. The zero-order valence-electron chi connectivity index (χ0n) is 10.9. The maximum Gasteiger partial charge on any atom is 0.0674 e. The molecule has 1 aromatic heterocycles. The van der Waals surface area contributed by atoms with Crippen LogP contribution in [0, 0.1) is 3.57 Å². The number of halogens is 3. The minimum Gasteiger partial charge on any atom is -0.268 e. The van der Waals surface area contributed by atoms with Gasteiger partial charge in [0.25, 0.3) is 0 Å². The molecule has 0 saturated heterocycles. The van der Waals surface area contributed by atoms with Gasteiger partial charge in [0.1, 0.15) is 0 Å². The molecule has 0 aliphatic heterocycles. The fraction of sp³-hybridized carbons (Fsp3) is 0.0625. The molecular weight excluding hydrogens is 418 g/mol. The van der Waals surface area contributed by atoms with Gasteiger partial charge in [0.2, 0.25) is 0 Å². The van der Waals surface area contributed by atoms with Crippen LogP contribution in [0.2, 0.25) is 10.0 Å². The predicted molar refractivity (Wildman–Crippen MR) is 95.9 cm³/mol. The SMILES string of the molecule is Clc1ccc(Cl)c(Cn2cc(-c3ccc(I)cc3)cn2)c1. The van der Waals surface area contributed by atoms with E-state index < -0.39 is 0 Å². The average molecular weight is 429 g/mol. The van der Waals surface area contributed by atoms with E-state index in [-0.39, 0.29) is 0 Å². The second kappa shape index (κ2) is 6.38. The Morgan fingerprint density at radius 2 is 1.76 bits per heavy atom. The Hall–Kier alpha value is -1.04. The highest BCUT2D eigenvalue weighted by molar-refractivity contribution is 14.1. The molecule has 3 rings (SSSR count). The molecule has 0 atom stereocenters. The molecular formula is C16H11Cl2IN2. The van der Waals surface area contributed by atoms with Crippen LogP contribution in [0.5, 0.6) is 0 Å². The number of nitrogens with zero attached hydrogens (tertiary/aromatic N) is 2. The van der Waals surface area contributed by atoms with Gasteiger partial charge in [-0.25, -0.2) is 0 Å². The van der Waals surface area contributed by atoms with E-state index in [0.717, 1.165) is 16.7 Å². The van der Waals surface area contributed by atoms with Crippen molar-refractivity contribution in [3.63, 3.8) is 0 Å². The van der Waals surface area contributed by atoms with Crippen molar-refractivity contribution in [3.8, 4) is 11.1 Å². The molecule has 3 aromatic rings. The van der Waals surface area contributed by atoms with Crippen molar-refractivity contribution in [2.45, 2.75) is 6.54 Å². The molecule has 106 valence electrons. The summed E-state index contributed by atoms with van der Waals surface area (Å²) < 4.78 is 3.08. The lowest BCUT2D eigenvalue weighted by Crippen LogP contribution is -2.00. The second-order valence-electron chi connectivity index (χ2n) is 4.67. The van der Waals surface area contributed by atoms with Crippen LogP contribution in [-0.4, -0.2) is 9.78 Å². The average Bonchev–Trinajstić information content (AvgIpc) is 2.92. The van der Waals surface area contributed by atoms with Gasteiger partial charge in [-0.05, 0) is 64.0 Å². The summed E-state index contributed by atoms with van der Waals surface area (Å²) in [6.07, 6.45) is 3.88. The third-order valence-electron chi connectivity index (χ3n) is 3.15. The van der Waals surface area contributed by atoms with Crippen molar-refractivity contribution in [1.29, 1.82) is 0 Å². The molecule has 0 spiro atoms. The number of hydrogen-bond acceptors (Lipinski definition) is 1. The Balaban J connectivity index is 1.85. The van der Waals surface area contributed by atoms with Crippen molar-refractivity contribution in [1.82, 2.24) is 9.78 Å². The summed E-state index contributed by atoms with van der Waals surface area (Å²) in [6.45, 7) is 0.601. The second-order valence-corrected chi connectivity index (χ2v) is 6.76. The summed E-state index contributed by atoms with van der Waals surface area (Å²) in [7, 11) is 0. The first-order chi connectivity index (χ1) is 10.1. The Morgan fingerprint density at radius 3 is 2.52 bits per heavy atom. The van der Waals surface area contributed by atoms with Gasteiger partial charge in [0.15, 0.2) is 0 Å². The summed E-state index contributed by atoms with van der Waals surface area (Å²) >= 11 is 14.5. The molecule has 0 aliphatic rings. The highest BCUT2D eigenvalue weighted by Gasteiger charge is 2.06. The quantitative estimate of drug-likeness (QED) is 0.503. The topological polar surface area (TPSA) is 17.8 Å². The van der Waals surface area contributed by atoms with E-state index in [2.05, 4.69) is 52.0 Å². The Kier molecular flexibility index (Phi) is 4.52. The molecule has 21 heavy (non-hydrogen) atoms. The van der Waals surface area contributed by atoms with Crippen molar-refractivity contribution in [2.24, 2.45) is 0 Å². The van der Waals surface area contributed by atoms with E-state index >= 15 is 0 Å². The van der Waals surface area contributed by atoms with Crippen molar-refractivity contribution >= 4 is 45.8 Å². The molecule has 0 saturated carbocycles. The van der Waals surface area contributed by atoms with Gasteiger partial charge >= 0.3 is 0 Å². The minimum atomic E-state index is 0.601. The molecule has 2 aromatic carbocycles. The van der Waals surface area contributed by atoms with Crippen molar-refractivity contribution < 1.29 is 0 Å². The van der Waals surface area contributed by atoms with Crippen LogP contribution in [0.1, 0.15) is 5.56 Å². The van der Waals surface area contributed by atoms with Crippen LogP contribution in [-0.2, 0) is 6.54 Å². The van der Waals surface area contributed by atoms with Gasteiger partial charge < -0.3 is 0 Å². The Bertz CT molecular complexity index is 766. The number of aromatic nitrogens is 2. The lowest BCUT2D eigenvalue weighted by Gasteiger charge is -2.05. The Morgan fingerprint density at radius 1 is 1.00 bits per heavy atom. The zero-order valence-corrected chi connectivity index (χ0v) is 14.6. The maximum atomic E-state index is 6.19. The lowest BCUT2D eigenvalue weighted by molar-refractivity contribution is 0.687. The van der Waals surface area contributed by atoms with E-state index in [4.69, 9.17) is 23.2 Å². The first kappa shape index (κ1) is 14.9. The molecule has 0 unspecified atom stereocenters. The third-order valence-corrected chi connectivity index (χ3v) is 4.47. The van der Waals surface area contributed by atoms with Crippen LogP contribution in [0.3, 0.4) is 0 Å². The van der Waals surface area contributed by atoms with Gasteiger partial charge in [-0.3, -0.25) is 4.68 Å². The maximum absolute atomic E-state index is 6.19. The molecule has 0 bridgehead atoms. The summed E-state index contributed by atoms with van der Waals surface area (Å²) in [5.41, 5.74) is 3.20. The Labute approximate surface area is 146 Å². The standard InChI is InChI=1S/C16H11Cl2IN2/c17-14-3-6-16(18)12(7-14)9-21-10-13(8-20-21)11-1-4-15(19)5-2-11/h1-8,10H,9H2. The molecule has 0 amide bonds. The van der Waals surface area contributed by atoms with E-state index in [0.29, 0.717) is 16.6 Å². The van der Waals surface area contributed by atoms with E-state index in [9.17, 15) is 0 Å². The van der Waals surface area contributed by atoms with Crippen LogP contribution >= 0.6 is 45.8 Å². The van der Waals surface area contributed by atoms with Gasteiger partial charge in [-0.15, -0.1) is 0 Å². The fourth-order valence-corrected chi connectivity index (χ4v) is 2.81. The van der Waals surface area contributed by atoms with Crippen LogP contribution in [0.15, 0.2) is 54.9 Å². The monoisotopic (exact) mass is 428 g/mol. The smallest absolute Gasteiger partial charge is 0.0674 e. The predicted octanol–water partition coefficient (Wildman–Crippen LogP) is 5.51. The van der Waals surface area contributed by atoms with Crippen LogP contribution in [0.4, 0.5) is 0 Å². The number of hydrogen-bond donors (Lipinski definition) is 0. The van der Waals surface area contributed by atoms with E-state index in [1.165, 1.54) is 3.57 Å². The van der Waals surface area contributed by atoms with Gasteiger partial charge in [-0.2, -0.15) is 5.10 Å². The normalized spacial score (nSPS) is 10.8. The molecule has 2 nitrogen and oxygen atoms in total. The van der Waals surface area contributed by atoms with Crippen LogP contribution in [0.25, 0.3) is 11.1 Å². The summed E-state index contributed by atoms with van der Waals surface area (Å²) in [4.78, 5) is 0. The first-order valence-electron chi connectivity index (χ1n) is 6.34. The number of benzene rings is 2. The van der Waals surface area contributed by atoms with Gasteiger partial charge in [-0.1, -0.05) is 35.3 Å². The van der Waals surface area contributed by atoms with E-state index in [1.807, 2.05) is 29.2 Å². The minimum absolute atomic E-state index is 0.601. The lowest BCUT2D eigenvalue weighted by atomic mass is 10.1. The molecule has 0 aliphatic carbocycles. The summed E-state index contributed by atoms with van der Waals surface area (Å²) in [5.74, 6) is 0. The molecule has 1 heterocycles. The first-order valence-corrected chi connectivity index (χ1v) is 8.17. The summed E-state index contributed by atoms with van der Waals surface area (Å²) in [5, 5.41) is 5.77. The van der Waals surface area contributed by atoms with Crippen molar-refractivity contribution in [2.75, 3.05) is 0 Å². The highest BCUT2D eigenvalue weighted by Crippen LogP contribution is 2.23.